The van der Waals surface area contributed by atoms with E-state index < -0.39 is 20.0 Å². The summed E-state index contributed by atoms with van der Waals surface area (Å²) in [5.74, 6) is -2.17. The number of hydrogen-bond donors (Lipinski definition) is 1. The second-order valence-corrected chi connectivity index (χ2v) is 16.5. The zero-order valence-corrected chi connectivity index (χ0v) is 26.7. The fraction of sp³-hybridized carbons (Fsp3) is 0.324. The summed E-state index contributed by atoms with van der Waals surface area (Å²) in [7, 11) is -3.04. The van der Waals surface area contributed by atoms with Crippen LogP contribution in [0.3, 0.4) is 0 Å². The van der Waals surface area contributed by atoms with Gasteiger partial charge in [0.15, 0.2) is 11.6 Å². The van der Waals surface area contributed by atoms with Crippen LogP contribution in [-0.2, 0) is 15.8 Å². The molecule has 7 nitrogen and oxygen atoms in total. The Labute approximate surface area is 258 Å². The fourth-order valence-corrected chi connectivity index (χ4v) is 10.8. The molecule has 1 aromatic heterocycles. The van der Waals surface area contributed by atoms with E-state index in [1.54, 1.807) is 0 Å². The SMILES string of the molecule is C[C@@H]1CN(c2c(CO[Si](c3ccccc3)(c3ccccc3)C(C)(C)C)cc(C(=NO)c3ccncn3)c(F)c2F)C[C@H](C)O1. The van der Waals surface area contributed by atoms with E-state index in [0.29, 0.717) is 18.7 Å². The van der Waals surface area contributed by atoms with Crippen molar-refractivity contribution in [3.8, 4) is 0 Å². The average Bonchev–Trinajstić information content (AvgIpc) is 3.00. The summed E-state index contributed by atoms with van der Waals surface area (Å²) >= 11 is 0. The van der Waals surface area contributed by atoms with Gasteiger partial charge in [0.25, 0.3) is 8.32 Å². The van der Waals surface area contributed by atoms with Crippen LogP contribution in [0.15, 0.2) is 90.5 Å². The number of halogens is 2. The molecule has 0 radical (unpaired) electrons. The normalized spacial score (nSPS) is 18.0. The molecule has 44 heavy (non-hydrogen) atoms. The summed E-state index contributed by atoms with van der Waals surface area (Å²) in [6.45, 7) is 11.0. The van der Waals surface area contributed by atoms with Crippen LogP contribution < -0.4 is 15.3 Å². The molecule has 1 aliphatic heterocycles. The zero-order valence-electron chi connectivity index (χ0n) is 25.7. The van der Waals surface area contributed by atoms with Crippen molar-refractivity contribution >= 4 is 30.1 Å². The van der Waals surface area contributed by atoms with Gasteiger partial charge in [0.05, 0.1) is 30.2 Å². The van der Waals surface area contributed by atoms with Gasteiger partial charge in [-0.2, -0.15) is 0 Å². The highest BCUT2D eigenvalue weighted by Crippen LogP contribution is 2.39. The Bertz CT molecular complexity index is 1550. The summed E-state index contributed by atoms with van der Waals surface area (Å²) in [6.07, 6.45) is 2.32. The van der Waals surface area contributed by atoms with Gasteiger partial charge in [-0.05, 0) is 41.4 Å². The standard InChI is InChI=1S/C34H38F2N4O3Si/c1-23-19-40(20-24(2)43-23)33-25(18-28(30(35)31(33)36)32(39-41)29-16-17-37-22-38-29)21-42-44(34(3,4)5,26-12-8-6-9-13-26)27-14-10-7-11-15-27/h6-18,22-24,41H,19-21H2,1-5H3/t23-,24+. The summed E-state index contributed by atoms with van der Waals surface area (Å²) in [5, 5.41) is 15.1. The van der Waals surface area contributed by atoms with Gasteiger partial charge in [-0.15, -0.1) is 0 Å². The molecule has 0 amide bonds. The molecule has 1 fully saturated rings. The second-order valence-electron chi connectivity index (χ2n) is 12.2. The molecule has 0 unspecified atom stereocenters. The minimum absolute atomic E-state index is 0.0184. The van der Waals surface area contributed by atoms with Crippen molar-refractivity contribution in [1.29, 1.82) is 0 Å². The number of nitrogens with zero attached hydrogens (tertiary/aromatic N) is 4. The molecule has 0 saturated carbocycles. The minimum Gasteiger partial charge on any atom is -0.410 e. The Kier molecular flexibility index (Phi) is 9.24. The van der Waals surface area contributed by atoms with Crippen molar-refractivity contribution in [2.75, 3.05) is 18.0 Å². The van der Waals surface area contributed by atoms with Crippen LogP contribution in [-0.4, -0.2) is 54.5 Å². The molecule has 1 aliphatic rings. The van der Waals surface area contributed by atoms with Gasteiger partial charge in [-0.3, -0.25) is 0 Å². The number of aromatic nitrogens is 2. The quantitative estimate of drug-likeness (QED) is 0.119. The average molecular weight is 617 g/mol. The predicted molar refractivity (Wildman–Crippen MR) is 170 cm³/mol. The molecular formula is C34H38F2N4O3Si. The maximum absolute atomic E-state index is 16.4. The van der Waals surface area contributed by atoms with E-state index in [4.69, 9.17) is 9.16 Å². The molecule has 4 aromatic rings. The van der Waals surface area contributed by atoms with Crippen molar-refractivity contribution in [1.82, 2.24) is 9.97 Å². The zero-order chi connectivity index (χ0) is 31.5. The van der Waals surface area contributed by atoms with Gasteiger partial charge in [0, 0.05) is 30.4 Å². The van der Waals surface area contributed by atoms with Crippen LogP contribution in [0.25, 0.3) is 0 Å². The molecule has 2 atom stereocenters. The molecular weight excluding hydrogens is 578 g/mol. The lowest BCUT2D eigenvalue weighted by molar-refractivity contribution is -0.00553. The summed E-state index contributed by atoms with van der Waals surface area (Å²) in [6, 6.07) is 23.3. The van der Waals surface area contributed by atoms with Crippen LogP contribution in [0, 0.1) is 11.6 Å². The highest BCUT2D eigenvalue weighted by atomic mass is 28.4. The predicted octanol–water partition coefficient (Wildman–Crippen LogP) is 5.67. The number of anilines is 1. The molecule has 0 spiro atoms. The lowest BCUT2D eigenvalue weighted by atomic mass is 10.00. The van der Waals surface area contributed by atoms with E-state index in [1.165, 1.54) is 24.7 Å². The van der Waals surface area contributed by atoms with Crippen molar-refractivity contribution < 1.29 is 23.2 Å². The van der Waals surface area contributed by atoms with E-state index in [9.17, 15) is 5.21 Å². The smallest absolute Gasteiger partial charge is 0.261 e. The maximum atomic E-state index is 16.4. The van der Waals surface area contributed by atoms with Gasteiger partial charge in [0.2, 0.25) is 0 Å². The Balaban J connectivity index is 1.70. The lowest BCUT2D eigenvalue weighted by Gasteiger charge is -2.43. The molecule has 1 N–H and O–H groups in total. The third-order valence-corrected chi connectivity index (χ3v) is 13.0. The Hall–Kier alpha value is -3.99. The van der Waals surface area contributed by atoms with Gasteiger partial charge in [0.1, 0.15) is 12.0 Å². The molecule has 3 aromatic carbocycles. The third kappa shape index (κ3) is 6.02. The first-order valence-corrected chi connectivity index (χ1v) is 16.6. The number of benzene rings is 3. The first kappa shape index (κ1) is 31.4. The van der Waals surface area contributed by atoms with E-state index in [-0.39, 0.29) is 46.5 Å². The Morgan fingerprint density at radius 1 is 0.977 bits per heavy atom. The molecule has 2 heterocycles. The number of morpholine rings is 1. The first-order valence-electron chi connectivity index (χ1n) is 14.7. The first-order chi connectivity index (χ1) is 21.1. The molecule has 5 rings (SSSR count). The third-order valence-electron chi connectivity index (χ3n) is 8.04. The van der Waals surface area contributed by atoms with Crippen molar-refractivity contribution in [3.63, 3.8) is 0 Å². The van der Waals surface area contributed by atoms with Crippen LogP contribution in [0.5, 0.6) is 0 Å². The van der Waals surface area contributed by atoms with Crippen molar-refractivity contribution in [2.45, 2.75) is 58.5 Å². The van der Waals surface area contributed by atoms with Crippen LogP contribution in [0.1, 0.15) is 51.4 Å². The molecule has 10 heteroatoms. The molecule has 1 saturated heterocycles. The summed E-state index contributed by atoms with van der Waals surface area (Å²) in [4.78, 5) is 9.83. The number of oxime groups is 1. The van der Waals surface area contributed by atoms with Crippen molar-refractivity contribution in [3.05, 3.63) is 114 Å². The van der Waals surface area contributed by atoms with Gasteiger partial charge in [-0.25, -0.2) is 18.7 Å². The number of rotatable bonds is 8. The molecule has 0 bridgehead atoms. The monoisotopic (exact) mass is 616 g/mol. The largest absolute Gasteiger partial charge is 0.410 e. The summed E-state index contributed by atoms with van der Waals surface area (Å²) < 4.78 is 45.5. The van der Waals surface area contributed by atoms with E-state index in [1.807, 2.05) is 55.1 Å². The van der Waals surface area contributed by atoms with E-state index >= 15 is 8.78 Å². The fourth-order valence-electron chi connectivity index (χ4n) is 6.28. The maximum Gasteiger partial charge on any atom is 0.261 e. The Morgan fingerprint density at radius 3 is 2.07 bits per heavy atom. The van der Waals surface area contributed by atoms with Gasteiger partial charge < -0.3 is 19.3 Å². The second kappa shape index (κ2) is 12.9. The van der Waals surface area contributed by atoms with E-state index in [2.05, 4.69) is 60.2 Å². The summed E-state index contributed by atoms with van der Waals surface area (Å²) in [5.41, 5.74) is 0.282. The van der Waals surface area contributed by atoms with Crippen LogP contribution >= 0.6 is 0 Å². The van der Waals surface area contributed by atoms with Gasteiger partial charge in [-0.1, -0.05) is 86.6 Å². The van der Waals surface area contributed by atoms with Crippen LogP contribution in [0.2, 0.25) is 5.04 Å². The highest BCUT2D eigenvalue weighted by Gasteiger charge is 2.50. The topological polar surface area (TPSA) is 80.1 Å². The lowest BCUT2D eigenvalue weighted by Crippen LogP contribution is -2.66. The minimum atomic E-state index is -3.04. The van der Waals surface area contributed by atoms with E-state index in [0.717, 1.165) is 10.4 Å². The number of hydrogen-bond acceptors (Lipinski definition) is 7. The van der Waals surface area contributed by atoms with Gasteiger partial charge >= 0.3 is 0 Å². The van der Waals surface area contributed by atoms with Crippen LogP contribution in [0.4, 0.5) is 14.5 Å². The Morgan fingerprint density at radius 2 is 1.57 bits per heavy atom. The molecule has 0 aliphatic carbocycles. The molecule has 230 valence electrons. The number of ether oxygens (including phenoxy) is 1. The highest BCUT2D eigenvalue weighted by molar-refractivity contribution is 6.99. The van der Waals surface area contributed by atoms with Crippen molar-refractivity contribution in [2.24, 2.45) is 5.16 Å².